The Hall–Kier alpha value is -3.01. The van der Waals surface area contributed by atoms with Gasteiger partial charge in [-0.25, -0.2) is 4.79 Å². The maximum atomic E-state index is 12.9. The van der Waals surface area contributed by atoms with Crippen LogP contribution < -0.4 is 0 Å². The zero-order valence-corrected chi connectivity index (χ0v) is 52.5. The second-order valence-electron chi connectivity index (χ2n) is 23.7. The zero-order valence-electron chi connectivity index (χ0n) is 52.5. The Morgan fingerprint density at radius 2 is 0.722 bits per heavy atom. The van der Waals surface area contributed by atoms with Gasteiger partial charge < -0.3 is 28.5 Å². The lowest BCUT2D eigenvalue weighted by Gasteiger charge is -2.25. The van der Waals surface area contributed by atoms with Gasteiger partial charge in [0.15, 0.2) is 6.10 Å². The summed E-state index contributed by atoms with van der Waals surface area (Å²) >= 11 is 0. The Kier molecular flexibility index (Phi) is 58.7. The molecular weight excluding hydrogens is 983 g/mol. The van der Waals surface area contributed by atoms with Crippen molar-refractivity contribution in [2.75, 3.05) is 47.5 Å². The summed E-state index contributed by atoms with van der Waals surface area (Å²) in [4.78, 5) is 37.5. The van der Waals surface area contributed by atoms with Gasteiger partial charge in [-0.1, -0.05) is 280 Å². The summed E-state index contributed by atoms with van der Waals surface area (Å²) in [6, 6.07) is 0. The first-order valence-electron chi connectivity index (χ1n) is 33.5. The van der Waals surface area contributed by atoms with Crippen LogP contribution in [0.5, 0.6) is 0 Å². The summed E-state index contributed by atoms with van der Waals surface area (Å²) in [6.45, 7) is 4.80. The van der Waals surface area contributed by atoms with Crippen LogP contribution in [0.4, 0.5) is 0 Å². The number of carboxylic acids is 1. The Bertz CT molecular complexity index is 1480. The Labute approximate surface area is 488 Å². The van der Waals surface area contributed by atoms with Gasteiger partial charge in [0.2, 0.25) is 0 Å². The number of aliphatic carboxylic acids is 1. The minimum Gasteiger partial charge on any atom is -0.477 e. The predicted octanol–water partition coefficient (Wildman–Crippen LogP) is 20.4. The highest BCUT2D eigenvalue weighted by atomic mass is 16.7. The third kappa shape index (κ3) is 62.4. The van der Waals surface area contributed by atoms with Gasteiger partial charge >= 0.3 is 17.9 Å². The second-order valence-corrected chi connectivity index (χ2v) is 23.7. The average molecular weight is 1110 g/mol. The van der Waals surface area contributed by atoms with E-state index in [0.717, 1.165) is 64.2 Å². The molecule has 0 fully saturated rings. The van der Waals surface area contributed by atoms with Crippen molar-refractivity contribution >= 4 is 17.9 Å². The first kappa shape index (κ1) is 76.0. The van der Waals surface area contributed by atoms with Crippen LogP contribution in [0.3, 0.4) is 0 Å². The number of carbonyl (C=O) groups excluding carboxylic acids is 2. The summed E-state index contributed by atoms with van der Waals surface area (Å²) < 4.78 is 23.0. The molecule has 9 nitrogen and oxygen atoms in total. The summed E-state index contributed by atoms with van der Waals surface area (Å²) in [5, 5.41) is 9.73. The number of carboxylic acid groups (broad SMARTS) is 1. The fourth-order valence-corrected chi connectivity index (χ4v) is 9.65. The van der Waals surface area contributed by atoms with Gasteiger partial charge in [0.05, 0.1) is 34.4 Å². The van der Waals surface area contributed by atoms with Gasteiger partial charge in [-0.15, -0.1) is 0 Å². The number of rotatable bonds is 62. The molecule has 0 amide bonds. The van der Waals surface area contributed by atoms with Crippen molar-refractivity contribution in [1.82, 2.24) is 0 Å². The van der Waals surface area contributed by atoms with E-state index in [2.05, 4.69) is 74.6 Å². The van der Waals surface area contributed by atoms with E-state index < -0.39 is 18.4 Å². The van der Waals surface area contributed by atoms with Crippen molar-refractivity contribution in [3.63, 3.8) is 0 Å². The van der Waals surface area contributed by atoms with E-state index in [0.29, 0.717) is 17.4 Å². The number of nitrogens with zero attached hydrogens (tertiary/aromatic N) is 1. The number of esters is 2. The average Bonchev–Trinajstić information content (AvgIpc) is 3.42. The quantitative estimate of drug-likeness (QED) is 0.0211. The number of hydrogen-bond acceptors (Lipinski definition) is 7. The van der Waals surface area contributed by atoms with Gasteiger partial charge in [-0.3, -0.25) is 9.59 Å². The van der Waals surface area contributed by atoms with Crippen LogP contribution >= 0.6 is 0 Å². The molecule has 0 aliphatic heterocycles. The highest BCUT2D eigenvalue weighted by Gasteiger charge is 2.25. The normalized spacial score (nSPS) is 13.1. The molecule has 0 saturated carbocycles. The van der Waals surface area contributed by atoms with Crippen molar-refractivity contribution in [3.05, 3.63) is 60.8 Å². The lowest BCUT2D eigenvalue weighted by Crippen LogP contribution is -2.40. The molecule has 1 N–H and O–H groups in total. The van der Waals surface area contributed by atoms with Crippen molar-refractivity contribution < 1.29 is 42.9 Å². The Morgan fingerprint density at radius 3 is 1.09 bits per heavy atom. The number of unbranched alkanes of at least 4 members (excludes halogenated alkanes) is 37. The molecule has 2 unspecified atom stereocenters. The van der Waals surface area contributed by atoms with Gasteiger partial charge in [-0.2, -0.15) is 0 Å². The monoisotopic (exact) mass is 1110 g/mol. The first-order valence-corrected chi connectivity index (χ1v) is 33.5. The minimum atomic E-state index is -1.51. The van der Waals surface area contributed by atoms with Crippen molar-refractivity contribution in [3.8, 4) is 0 Å². The number of ether oxygens (including phenoxy) is 4. The minimum absolute atomic E-state index is 0.180. The number of likely N-dealkylation sites (N-methyl/N-ethyl adjacent to an activating group) is 1. The molecule has 0 aromatic carbocycles. The van der Waals surface area contributed by atoms with E-state index >= 15 is 0 Å². The third-order valence-corrected chi connectivity index (χ3v) is 14.8. The second kappa shape index (κ2) is 61.1. The number of quaternary nitrogens is 1. The van der Waals surface area contributed by atoms with Crippen LogP contribution in [-0.4, -0.2) is 87.4 Å². The molecule has 2 atom stereocenters. The van der Waals surface area contributed by atoms with E-state index in [1.54, 1.807) is 0 Å². The van der Waals surface area contributed by atoms with Crippen LogP contribution in [0.25, 0.3) is 0 Å². The molecule has 9 heteroatoms. The molecule has 460 valence electrons. The molecule has 0 heterocycles. The van der Waals surface area contributed by atoms with E-state index in [9.17, 15) is 19.5 Å². The van der Waals surface area contributed by atoms with E-state index in [1.807, 2.05) is 21.1 Å². The fraction of sp³-hybridized carbons (Fsp3) is 0.814. The van der Waals surface area contributed by atoms with E-state index in [-0.39, 0.29) is 38.2 Å². The molecule has 0 aliphatic carbocycles. The van der Waals surface area contributed by atoms with Crippen molar-refractivity contribution in [2.45, 2.75) is 322 Å². The Morgan fingerprint density at radius 1 is 0.392 bits per heavy atom. The zero-order chi connectivity index (χ0) is 57.6. The van der Waals surface area contributed by atoms with E-state index in [4.69, 9.17) is 18.9 Å². The van der Waals surface area contributed by atoms with Gasteiger partial charge in [0, 0.05) is 12.8 Å². The van der Waals surface area contributed by atoms with Crippen LogP contribution in [0.1, 0.15) is 309 Å². The standard InChI is InChI=1S/C70H127NO8/c1-6-8-10-12-14-16-18-20-22-24-26-27-28-29-30-31-32-33-34-35-36-37-38-39-40-41-43-45-47-49-51-53-55-57-59-61-68(73)79-66(65-78-70(69(74)75)76-63-62-71(3,4)5)64-77-67(72)60-58-56-54-52-50-48-46-44-42-25-23-21-19-17-15-13-11-9-7-2/h8,10,14,16,20-23,26-27,66,70H,6-7,9,11-13,15,17-19,24-25,28-65H2,1-5H3/p+1/b10-8-,16-14-,22-20-,23-21-,27-26-. The smallest absolute Gasteiger partial charge is 0.361 e. The topological polar surface area (TPSA) is 108 Å². The molecule has 0 aromatic rings. The van der Waals surface area contributed by atoms with Crippen LogP contribution in [0, 0.1) is 0 Å². The molecule has 79 heavy (non-hydrogen) atoms. The fourth-order valence-electron chi connectivity index (χ4n) is 9.65. The summed E-state index contributed by atoms with van der Waals surface area (Å²) in [5.74, 6) is -1.99. The molecule has 0 bridgehead atoms. The van der Waals surface area contributed by atoms with Crippen LogP contribution in [0.2, 0.25) is 0 Å². The van der Waals surface area contributed by atoms with Crippen LogP contribution in [-0.2, 0) is 33.3 Å². The number of allylic oxidation sites excluding steroid dienone is 10. The third-order valence-electron chi connectivity index (χ3n) is 14.8. The molecule has 0 saturated heterocycles. The van der Waals surface area contributed by atoms with Gasteiger partial charge in [0.25, 0.3) is 6.29 Å². The number of carbonyl (C=O) groups is 3. The molecule has 0 aromatic heterocycles. The molecule has 0 spiro atoms. The maximum Gasteiger partial charge on any atom is 0.361 e. The van der Waals surface area contributed by atoms with Gasteiger partial charge in [0.1, 0.15) is 13.2 Å². The van der Waals surface area contributed by atoms with E-state index in [1.165, 1.54) is 218 Å². The first-order chi connectivity index (χ1) is 38.6. The molecule has 0 radical (unpaired) electrons. The highest BCUT2D eigenvalue weighted by Crippen LogP contribution is 2.18. The van der Waals surface area contributed by atoms with Crippen molar-refractivity contribution in [2.24, 2.45) is 0 Å². The lowest BCUT2D eigenvalue weighted by atomic mass is 10.0. The molecule has 0 rings (SSSR count). The predicted molar refractivity (Wildman–Crippen MR) is 336 cm³/mol. The largest absolute Gasteiger partial charge is 0.477 e. The number of hydrogen-bond donors (Lipinski definition) is 1. The Balaban J connectivity index is 4.04. The van der Waals surface area contributed by atoms with Crippen LogP contribution in [0.15, 0.2) is 60.8 Å². The summed E-state index contributed by atoms with van der Waals surface area (Å²) in [6.07, 6.45) is 76.2. The SMILES string of the molecule is CC/C=C\C/C=C\C/C=C\C/C=C\CCCCCCCCCCCCCCCCCCCCCCCCC(=O)OC(COC(=O)CCCCCCCCCCC/C=C\CCCCCCCC)COC(OCC[N+](C)(C)C)C(=O)O. The summed E-state index contributed by atoms with van der Waals surface area (Å²) in [7, 11) is 5.98. The highest BCUT2D eigenvalue weighted by molar-refractivity contribution is 5.71. The van der Waals surface area contributed by atoms with Gasteiger partial charge in [-0.05, 0) is 77.0 Å². The lowest BCUT2D eigenvalue weighted by molar-refractivity contribution is -0.870. The molecular formula is C70H128NO8+. The molecule has 0 aliphatic rings. The summed E-state index contributed by atoms with van der Waals surface area (Å²) in [5.41, 5.74) is 0. The van der Waals surface area contributed by atoms with Crippen molar-refractivity contribution in [1.29, 1.82) is 0 Å². The maximum absolute atomic E-state index is 12.9.